The first-order valence-corrected chi connectivity index (χ1v) is 7.72. The van der Waals surface area contributed by atoms with Crippen LogP contribution in [0.15, 0.2) is 16.8 Å². The monoisotopic (exact) mass is 241 g/mol. The maximum Gasteiger partial charge on any atom is 0.0171 e. The van der Waals surface area contributed by atoms with Crippen molar-refractivity contribution in [1.82, 2.24) is 0 Å². The predicted molar refractivity (Wildman–Crippen MR) is 70.7 cm³/mol. The molecule has 15 heavy (non-hydrogen) atoms. The van der Waals surface area contributed by atoms with E-state index in [2.05, 4.69) is 28.6 Å². The maximum absolute atomic E-state index is 6.13. The van der Waals surface area contributed by atoms with Crippen molar-refractivity contribution in [3.8, 4) is 0 Å². The zero-order valence-corrected chi connectivity index (χ0v) is 10.7. The summed E-state index contributed by atoms with van der Waals surface area (Å²) in [6.07, 6.45) is 6.73. The summed E-state index contributed by atoms with van der Waals surface area (Å²) in [5, 5.41) is 5.24. The van der Waals surface area contributed by atoms with Crippen LogP contribution in [0.25, 0.3) is 0 Å². The Morgan fingerprint density at radius 3 is 2.93 bits per heavy atom. The number of nitrogens with two attached hydrogens (primary N) is 1. The zero-order valence-electron chi connectivity index (χ0n) is 9.02. The molecule has 1 nitrogen and oxygen atoms in total. The minimum absolute atomic E-state index is 0.338. The van der Waals surface area contributed by atoms with Gasteiger partial charge in [0.1, 0.15) is 0 Å². The van der Waals surface area contributed by atoms with Gasteiger partial charge in [-0.3, -0.25) is 0 Å². The Labute approximate surface area is 100 Å². The molecule has 84 valence electrons. The van der Waals surface area contributed by atoms with Gasteiger partial charge in [0.2, 0.25) is 0 Å². The van der Waals surface area contributed by atoms with Crippen LogP contribution in [0, 0.1) is 0 Å². The lowest BCUT2D eigenvalue weighted by Gasteiger charge is -2.13. The second kappa shape index (κ2) is 5.92. The second-order valence-corrected chi connectivity index (χ2v) is 6.45. The molecular formula is C12H19NS2. The van der Waals surface area contributed by atoms with Crippen molar-refractivity contribution < 1.29 is 0 Å². The normalized spacial score (nSPS) is 19.5. The minimum Gasteiger partial charge on any atom is -0.327 e. The molecule has 1 fully saturated rings. The molecule has 0 saturated heterocycles. The Morgan fingerprint density at radius 2 is 2.27 bits per heavy atom. The standard InChI is InChI=1S/C12H19NS2/c13-11(7-10-5-6-14-8-10)9-15-12-3-1-2-4-12/h5-6,8,11-12H,1-4,7,9,13H2. The SMILES string of the molecule is NC(CSC1CCCC1)Cc1ccsc1. The first kappa shape index (κ1) is 11.5. The third-order valence-corrected chi connectivity index (χ3v) is 5.22. The van der Waals surface area contributed by atoms with Gasteiger partial charge >= 0.3 is 0 Å². The van der Waals surface area contributed by atoms with Gasteiger partial charge in [0.15, 0.2) is 0 Å². The van der Waals surface area contributed by atoms with Crippen molar-refractivity contribution in [3.05, 3.63) is 22.4 Å². The van der Waals surface area contributed by atoms with Gasteiger partial charge in [-0.2, -0.15) is 23.1 Å². The lowest BCUT2D eigenvalue weighted by molar-refractivity contribution is 0.746. The first-order valence-electron chi connectivity index (χ1n) is 5.73. The molecule has 1 aromatic rings. The van der Waals surface area contributed by atoms with E-state index in [1.165, 1.54) is 31.2 Å². The Bertz CT molecular complexity index is 265. The highest BCUT2D eigenvalue weighted by Gasteiger charge is 2.16. The molecule has 1 atom stereocenters. The Balaban J connectivity index is 1.66. The van der Waals surface area contributed by atoms with Crippen LogP contribution in [-0.4, -0.2) is 17.0 Å². The lowest BCUT2D eigenvalue weighted by Crippen LogP contribution is -2.26. The maximum atomic E-state index is 6.13. The van der Waals surface area contributed by atoms with Crippen LogP contribution in [0.3, 0.4) is 0 Å². The molecule has 0 aliphatic heterocycles. The molecule has 1 unspecified atom stereocenters. The van der Waals surface area contributed by atoms with E-state index in [4.69, 9.17) is 5.73 Å². The van der Waals surface area contributed by atoms with E-state index in [-0.39, 0.29) is 0 Å². The van der Waals surface area contributed by atoms with Crippen LogP contribution in [0.4, 0.5) is 0 Å². The van der Waals surface area contributed by atoms with Crippen LogP contribution >= 0.6 is 23.1 Å². The summed E-state index contributed by atoms with van der Waals surface area (Å²) in [5.74, 6) is 1.13. The molecule has 0 bridgehead atoms. The highest BCUT2D eigenvalue weighted by molar-refractivity contribution is 7.99. The topological polar surface area (TPSA) is 26.0 Å². The third-order valence-electron chi connectivity index (χ3n) is 2.93. The molecule has 0 spiro atoms. The van der Waals surface area contributed by atoms with Gasteiger partial charge in [0.05, 0.1) is 0 Å². The van der Waals surface area contributed by atoms with Gasteiger partial charge in [-0.05, 0) is 41.7 Å². The van der Waals surface area contributed by atoms with Gasteiger partial charge in [0.25, 0.3) is 0 Å². The van der Waals surface area contributed by atoms with E-state index in [0.717, 1.165) is 17.4 Å². The minimum atomic E-state index is 0.338. The Morgan fingerprint density at radius 1 is 1.47 bits per heavy atom. The van der Waals surface area contributed by atoms with E-state index in [1.54, 1.807) is 11.3 Å². The molecule has 0 amide bonds. The van der Waals surface area contributed by atoms with Crippen LogP contribution in [0.2, 0.25) is 0 Å². The Kier molecular flexibility index (Phi) is 4.54. The fourth-order valence-corrected chi connectivity index (χ4v) is 4.07. The Hall–Kier alpha value is 0.01000. The second-order valence-electron chi connectivity index (χ2n) is 4.34. The summed E-state index contributed by atoms with van der Waals surface area (Å²) in [4.78, 5) is 0. The fraction of sp³-hybridized carbons (Fsp3) is 0.667. The van der Waals surface area contributed by atoms with Crippen LogP contribution < -0.4 is 5.73 Å². The first-order chi connectivity index (χ1) is 7.34. The van der Waals surface area contributed by atoms with Gasteiger partial charge in [-0.25, -0.2) is 0 Å². The zero-order chi connectivity index (χ0) is 10.5. The lowest BCUT2D eigenvalue weighted by atomic mass is 10.1. The molecule has 1 saturated carbocycles. The number of hydrogen-bond donors (Lipinski definition) is 1. The van der Waals surface area contributed by atoms with E-state index >= 15 is 0 Å². The van der Waals surface area contributed by atoms with Crippen molar-refractivity contribution in [2.24, 2.45) is 5.73 Å². The predicted octanol–water partition coefficient (Wildman–Crippen LogP) is 3.29. The fourth-order valence-electron chi connectivity index (χ4n) is 2.09. The molecule has 1 aliphatic carbocycles. The molecule has 1 aliphatic rings. The summed E-state index contributed by atoms with van der Waals surface area (Å²) >= 11 is 3.86. The quantitative estimate of drug-likeness (QED) is 0.856. The molecule has 1 aromatic heterocycles. The third kappa shape index (κ3) is 3.82. The molecular weight excluding hydrogens is 222 g/mol. The molecule has 1 heterocycles. The van der Waals surface area contributed by atoms with Crippen molar-refractivity contribution in [2.75, 3.05) is 5.75 Å². The summed E-state index contributed by atoms with van der Waals surface area (Å²) in [7, 11) is 0. The van der Waals surface area contributed by atoms with Crippen molar-refractivity contribution >= 4 is 23.1 Å². The van der Waals surface area contributed by atoms with Crippen LogP contribution in [0.5, 0.6) is 0 Å². The molecule has 2 rings (SSSR count). The molecule has 0 aromatic carbocycles. The summed E-state index contributed by atoms with van der Waals surface area (Å²) < 4.78 is 0. The van der Waals surface area contributed by atoms with Gasteiger partial charge in [0, 0.05) is 17.0 Å². The summed E-state index contributed by atoms with van der Waals surface area (Å²) in [6.45, 7) is 0. The molecule has 0 radical (unpaired) electrons. The number of thiophene rings is 1. The summed E-state index contributed by atoms with van der Waals surface area (Å²) in [5.41, 5.74) is 7.53. The number of rotatable bonds is 5. The highest BCUT2D eigenvalue weighted by Crippen LogP contribution is 2.29. The van der Waals surface area contributed by atoms with Gasteiger partial charge < -0.3 is 5.73 Å². The van der Waals surface area contributed by atoms with Crippen molar-refractivity contribution in [3.63, 3.8) is 0 Å². The van der Waals surface area contributed by atoms with E-state index in [0.29, 0.717) is 6.04 Å². The van der Waals surface area contributed by atoms with Crippen molar-refractivity contribution in [1.29, 1.82) is 0 Å². The molecule has 2 N–H and O–H groups in total. The van der Waals surface area contributed by atoms with E-state index < -0.39 is 0 Å². The highest BCUT2D eigenvalue weighted by atomic mass is 32.2. The van der Waals surface area contributed by atoms with Crippen LogP contribution in [0.1, 0.15) is 31.2 Å². The number of hydrogen-bond acceptors (Lipinski definition) is 3. The van der Waals surface area contributed by atoms with Crippen LogP contribution in [-0.2, 0) is 6.42 Å². The van der Waals surface area contributed by atoms with Crippen molar-refractivity contribution in [2.45, 2.75) is 43.4 Å². The summed E-state index contributed by atoms with van der Waals surface area (Å²) in [6, 6.07) is 2.52. The van der Waals surface area contributed by atoms with E-state index in [9.17, 15) is 0 Å². The smallest absolute Gasteiger partial charge is 0.0171 e. The number of thioether (sulfide) groups is 1. The van der Waals surface area contributed by atoms with Gasteiger partial charge in [-0.15, -0.1) is 0 Å². The van der Waals surface area contributed by atoms with Gasteiger partial charge in [-0.1, -0.05) is 12.8 Å². The molecule has 3 heteroatoms. The largest absolute Gasteiger partial charge is 0.327 e. The van der Waals surface area contributed by atoms with E-state index in [1.807, 2.05) is 0 Å². The average molecular weight is 241 g/mol. The average Bonchev–Trinajstić information content (AvgIpc) is 2.86.